The van der Waals surface area contributed by atoms with E-state index in [1.807, 2.05) is 26.0 Å². The number of nitrogens with one attached hydrogen (secondary N) is 1. The van der Waals surface area contributed by atoms with E-state index in [0.717, 1.165) is 5.56 Å². The topological polar surface area (TPSA) is 64.6 Å². The van der Waals surface area contributed by atoms with Gasteiger partial charge in [-0.1, -0.05) is 59.2 Å². The summed E-state index contributed by atoms with van der Waals surface area (Å²) in [5.74, 6) is 0. The SMILES string of the molecule is Cc1ccc(S(=O)(=O)N[C@H](C)[C@@H](C[C@H](C)O[Si](C)(C)C(C)(C)C)O[Si](C)(C)C(C)(C)C)cc1. The van der Waals surface area contributed by atoms with Crippen molar-refractivity contribution in [1.82, 2.24) is 4.72 Å². The Morgan fingerprint density at radius 1 is 0.848 bits per heavy atom. The highest BCUT2D eigenvalue weighted by molar-refractivity contribution is 7.89. The van der Waals surface area contributed by atoms with Gasteiger partial charge in [-0.2, -0.15) is 0 Å². The Morgan fingerprint density at radius 2 is 1.27 bits per heavy atom. The van der Waals surface area contributed by atoms with E-state index in [1.54, 1.807) is 12.1 Å². The molecule has 1 N–H and O–H groups in total. The molecule has 0 aliphatic rings. The van der Waals surface area contributed by atoms with E-state index in [-0.39, 0.29) is 27.2 Å². The summed E-state index contributed by atoms with van der Waals surface area (Å²) >= 11 is 0. The van der Waals surface area contributed by atoms with Gasteiger partial charge in [-0.3, -0.25) is 0 Å². The molecular weight excluding hydrogens is 467 g/mol. The fourth-order valence-corrected chi connectivity index (χ4v) is 7.21. The Labute approximate surface area is 206 Å². The monoisotopic (exact) mass is 515 g/mol. The summed E-state index contributed by atoms with van der Waals surface area (Å²) in [6.45, 7) is 28.1. The lowest BCUT2D eigenvalue weighted by molar-refractivity contribution is 0.0848. The first-order valence-corrected chi connectivity index (χ1v) is 19.3. The van der Waals surface area contributed by atoms with Gasteiger partial charge < -0.3 is 8.85 Å². The van der Waals surface area contributed by atoms with Gasteiger partial charge in [0.2, 0.25) is 10.0 Å². The van der Waals surface area contributed by atoms with Gasteiger partial charge in [-0.05, 0) is 75.6 Å². The number of rotatable bonds is 10. The summed E-state index contributed by atoms with van der Waals surface area (Å²) in [6.07, 6.45) is 0.314. The van der Waals surface area contributed by atoms with E-state index >= 15 is 0 Å². The first-order chi connectivity index (χ1) is 14.6. The number of benzene rings is 1. The molecule has 0 amide bonds. The van der Waals surface area contributed by atoms with Crippen LogP contribution in [0.15, 0.2) is 29.2 Å². The Kier molecular flexibility index (Phi) is 9.82. The molecule has 0 spiro atoms. The molecule has 1 rings (SSSR count). The van der Waals surface area contributed by atoms with Crippen molar-refractivity contribution in [2.45, 2.75) is 128 Å². The molecule has 0 unspecified atom stereocenters. The van der Waals surface area contributed by atoms with Crippen molar-refractivity contribution in [2.24, 2.45) is 0 Å². The largest absolute Gasteiger partial charge is 0.414 e. The normalized spacial score (nSPS) is 17.0. The van der Waals surface area contributed by atoms with Gasteiger partial charge in [-0.15, -0.1) is 0 Å². The van der Waals surface area contributed by atoms with E-state index in [0.29, 0.717) is 6.42 Å². The van der Waals surface area contributed by atoms with E-state index in [9.17, 15) is 8.42 Å². The van der Waals surface area contributed by atoms with Gasteiger partial charge in [0, 0.05) is 12.1 Å². The third kappa shape index (κ3) is 8.58. The summed E-state index contributed by atoms with van der Waals surface area (Å²) in [5, 5.41) is 0.125. The lowest BCUT2D eigenvalue weighted by Crippen LogP contribution is -2.52. The Bertz CT molecular complexity index is 869. The van der Waals surface area contributed by atoms with Crippen LogP contribution >= 0.6 is 0 Å². The smallest absolute Gasteiger partial charge is 0.240 e. The summed E-state index contributed by atoms with van der Waals surface area (Å²) in [7, 11) is -7.74. The summed E-state index contributed by atoms with van der Waals surface area (Å²) in [4.78, 5) is 0.275. The van der Waals surface area contributed by atoms with Crippen LogP contribution in [0.1, 0.15) is 67.4 Å². The van der Waals surface area contributed by atoms with Crippen LogP contribution in [-0.2, 0) is 18.9 Å². The zero-order valence-electron chi connectivity index (χ0n) is 23.3. The molecule has 0 aliphatic carbocycles. The second kappa shape index (κ2) is 10.6. The maximum Gasteiger partial charge on any atom is 0.240 e. The molecule has 1 aromatic carbocycles. The predicted molar refractivity (Wildman–Crippen MR) is 145 cm³/mol. The molecule has 0 heterocycles. The van der Waals surface area contributed by atoms with Crippen LogP contribution in [0.3, 0.4) is 0 Å². The molecule has 0 aromatic heterocycles. The molecule has 1 aromatic rings. The molecule has 0 saturated heterocycles. The van der Waals surface area contributed by atoms with Gasteiger partial charge in [0.25, 0.3) is 0 Å². The minimum atomic E-state index is -3.65. The summed E-state index contributed by atoms with van der Waals surface area (Å²) in [6, 6.07) is 6.54. The van der Waals surface area contributed by atoms with Crippen LogP contribution in [0.25, 0.3) is 0 Å². The van der Waals surface area contributed by atoms with Crippen molar-refractivity contribution in [3.05, 3.63) is 29.8 Å². The van der Waals surface area contributed by atoms with Crippen LogP contribution < -0.4 is 4.72 Å². The maximum absolute atomic E-state index is 13.1. The third-order valence-corrected chi connectivity index (χ3v) is 18.0. The summed E-state index contributed by atoms with van der Waals surface area (Å²) in [5.41, 5.74) is 1.03. The molecule has 8 heteroatoms. The van der Waals surface area contributed by atoms with Crippen LogP contribution in [0, 0.1) is 6.92 Å². The highest BCUT2D eigenvalue weighted by atomic mass is 32.2. The third-order valence-electron chi connectivity index (χ3n) is 7.35. The van der Waals surface area contributed by atoms with E-state index in [1.165, 1.54) is 0 Å². The second-order valence-corrected chi connectivity index (χ2v) is 23.8. The first-order valence-electron chi connectivity index (χ1n) is 12.0. The van der Waals surface area contributed by atoms with E-state index in [4.69, 9.17) is 8.85 Å². The summed E-state index contributed by atoms with van der Waals surface area (Å²) < 4.78 is 42.5. The molecule has 0 radical (unpaired) electrons. The van der Waals surface area contributed by atoms with Gasteiger partial charge in [0.1, 0.15) is 0 Å². The Balaban J connectivity index is 3.17. The fraction of sp³-hybridized carbons (Fsp3) is 0.760. The maximum atomic E-state index is 13.1. The second-order valence-electron chi connectivity index (χ2n) is 12.6. The molecule has 0 saturated carbocycles. The van der Waals surface area contributed by atoms with Crippen molar-refractivity contribution < 1.29 is 17.3 Å². The van der Waals surface area contributed by atoms with Crippen LogP contribution in [0.5, 0.6) is 0 Å². The lowest BCUT2D eigenvalue weighted by Gasteiger charge is -2.43. The minimum Gasteiger partial charge on any atom is -0.414 e. The van der Waals surface area contributed by atoms with Crippen molar-refractivity contribution in [2.75, 3.05) is 0 Å². The zero-order valence-corrected chi connectivity index (χ0v) is 26.1. The quantitative estimate of drug-likeness (QED) is 0.346. The average molecular weight is 516 g/mol. The van der Waals surface area contributed by atoms with Crippen molar-refractivity contribution in [3.63, 3.8) is 0 Å². The molecule has 0 aliphatic heterocycles. The van der Waals surface area contributed by atoms with Crippen molar-refractivity contribution in [1.29, 1.82) is 0 Å². The van der Waals surface area contributed by atoms with E-state index in [2.05, 4.69) is 79.4 Å². The Hall–Kier alpha value is -0.516. The molecular formula is C25H49NO4SSi2. The molecule has 0 bridgehead atoms. The van der Waals surface area contributed by atoms with Gasteiger partial charge in [0.05, 0.1) is 11.0 Å². The molecule has 33 heavy (non-hydrogen) atoms. The predicted octanol–water partition coefficient (Wildman–Crippen LogP) is 6.85. The van der Waals surface area contributed by atoms with Gasteiger partial charge >= 0.3 is 0 Å². The first kappa shape index (κ1) is 30.5. The van der Waals surface area contributed by atoms with Crippen molar-refractivity contribution >= 4 is 26.7 Å². The van der Waals surface area contributed by atoms with Crippen LogP contribution in [-0.4, -0.2) is 43.3 Å². The fourth-order valence-electron chi connectivity index (χ4n) is 3.07. The number of aryl methyl sites for hydroxylation is 1. The van der Waals surface area contributed by atoms with Crippen LogP contribution in [0.2, 0.25) is 36.3 Å². The molecule has 5 nitrogen and oxygen atoms in total. The highest BCUT2D eigenvalue weighted by Crippen LogP contribution is 2.40. The van der Waals surface area contributed by atoms with Gasteiger partial charge in [0.15, 0.2) is 16.6 Å². The number of sulfonamides is 1. The van der Waals surface area contributed by atoms with E-state index < -0.39 is 32.7 Å². The lowest BCUT2D eigenvalue weighted by atomic mass is 10.1. The molecule has 192 valence electrons. The van der Waals surface area contributed by atoms with Crippen LogP contribution in [0.4, 0.5) is 0 Å². The zero-order chi connectivity index (χ0) is 26.0. The minimum absolute atomic E-state index is 0.0182. The standard InChI is InChI=1S/C25H49NO4SSi2/c1-19-14-16-22(17-15-19)31(27,28)26-21(3)23(30-33(12,13)25(7,8)9)18-20(2)29-32(10,11)24(4,5)6/h14-17,20-21,23,26H,18H2,1-13H3/t20-,21+,23+/m0/s1. The highest BCUT2D eigenvalue weighted by Gasteiger charge is 2.43. The molecule has 0 fully saturated rings. The Morgan fingerprint density at radius 3 is 1.70 bits per heavy atom. The average Bonchev–Trinajstić information content (AvgIpc) is 2.58. The van der Waals surface area contributed by atoms with Gasteiger partial charge in [-0.25, -0.2) is 13.1 Å². The number of hydrogen-bond acceptors (Lipinski definition) is 4. The molecule has 3 atom stereocenters. The number of hydrogen-bond donors (Lipinski definition) is 1. The van der Waals surface area contributed by atoms with Crippen molar-refractivity contribution in [3.8, 4) is 0 Å².